The van der Waals surface area contributed by atoms with Crippen molar-refractivity contribution < 1.29 is 37.3 Å². The lowest BCUT2D eigenvalue weighted by atomic mass is 10.0. The third-order valence-electron chi connectivity index (χ3n) is 10.4. The van der Waals surface area contributed by atoms with Gasteiger partial charge in [-0.2, -0.15) is 0 Å². The number of likely N-dealkylation sites (N-methyl/N-ethyl adjacent to an activating group) is 1. The zero-order valence-corrected chi connectivity index (χ0v) is 37.6. The van der Waals surface area contributed by atoms with Crippen LogP contribution in [0.4, 0.5) is 0 Å². The molecule has 0 aromatic carbocycles. The Balaban J connectivity index is 4.14. The van der Waals surface area contributed by atoms with Crippen LogP contribution in [0.3, 0.4) is 0 Å². The standard InChI is InChI=1S/C45H92NO7P/c1-6-8-10-12-14-16-18-20-22-23-24-25-27-29-31-33-35-37-40-50-42-44(43-52-54(48,49)51-41-39-46(3,4)5)53-45(47)38-36-34-32-30-28-26-21-19-17-15-13-11-9-7-2/h44H,6-43H2,1-5H3/p+1/t44-/m1/s1. The smallest absolute Gasteiger partial charge is 0.457 e. The van der Waals surface area contributed by atoms with Crippen molar-refractivity contribution in [2.24, 2.45) is 0 Å². The molecule has 0 aromatic heterocycles. The third kappa shape index (κ3) is 42.6. The zero-order chi connectivity index (χ0) is 39.9. The van der Waals surface area contributed by atoms with E-state index >= 15 is 0 Å². The minimum absolute atomic E-state index is 0.0940. The van der Waals surface area contributed by atoms with Gasteiger partial charge in [0.15, 0.2) is 0 Å². The van der Waals surface area contributed by atoms with Gasteiger partial charge in [-0.3, -0.25) is 13.8 Å². The molecule has 2 atom stereocenters. The van der Waals surface area contributed by atoms with E-state index in [1.54, 1.807) is 0 Å². The first-order chi connectivity index (χ1) is 26.1. The van der Waals surface area contributed by atoms with Gasteiger partial charge in [0.05, 0.1) is 34.4 Å². The van der Waals surface area contributed by atoms with E-state index in [0.717, 1.165) is 32.1 Å². The SMILES string of the molecule is CCCCCCCCCCCCCCCCCCCCOC[C@H](COP(=O)(O)OCC[N+](C)(C)C)OC(=O)CCCCCCCCCCCCCCCC. The molecule has 324 valence electrons. The molecular formula is C45H93NO7P+. The minimum atomic E-state index is -4.27. The summed E-state index contributed by atoms with van der Waals surface area (Å²) in [5.41, 5.74) is 0. The molecule has 0 amide bonds. The Morgan fingerprint density at radius 3 is 1.22 bits per heavy atom. The van der Waals surface area contributed by atoms with Gasteiger partial charge in [-0.25, -0.2) is 4.57 Å². The second kappa shape index (κ2) is 39.3. The number of esters is 1. The summed E-state index contributed by atoms with van der Waals surface area (Å²) >= 11 is 0. The third-order valence-corrected chi connectivity index (χ3v) is 11.4. The zero-order valence-electron chi connectivity index (χ0n) is 36.7. The minimum Gasteiger partial charge on any atom is -0.457 e. The number of carbonyl (C=O) groups is 1. The first-order valence-corrected chi connectivity index (χ1v) is 24.8. The fourth-order valence-electron chi connectivity index (χ4n) is 6.79. The Morgan fingerprint density at radius 1 is 0.500 bits per heavy atom. The lowest BCUT2D eigenvalue weighted by Gasteiger charge is -2.24. The molecule has 0 aliphatic heterocycles. The van der Waals surface area contributed by atoms with Crippen molar-refractivity contribution in [1.29, 1.82) is 0 Å². The molecule has 0 radical (unpaired) electrons. The molecule has 1 N–H and O–H groups in total. The van der Waals surface area contributed by atoms with E-state index in [4.69, 9.17) is 18.5 Å². The molecule has 0 fully saturated rings. The van der Waals surface area contributed by atoms with Crippen LogP contribution in [0.25, 0.3) is 0 Å². The number of ether oxygens (including phenoxy) is 2. The molecule has 0 rings (SSSR count). The van der Waals surface area contributed by atoms with Crippen molar-refractivity contribution in [3.05, 3.63) is 0 Å². The molecular weight excluding hydrogens is 697 g/mol. The van der Waals surface area contributed by atoms with Gasteiger partial charge in [0, 0.05) is 13.0 Å². The molecule has 0 spiro atoms. The highest BCUT2D eigenvalue weighted by Gasteiger charge is 2.26. The number of phosphoric acid groups is 1. The molecule has 54 heavy (non-hydrogen) atoms. The van der Waals surface area contributed by atoms with Crippen LogP contribution < -0.4 is 0 Å². The van der Waals surface area contributed by atoms with Gasteiger partial charge in [-0.15, -0.1) is 0 Å². The van der Waals surface area contributed by atoms with Gasteiger partial charge in [0.25, 0.3) is 0 Å². The van der Waals surface area contributed by atoms with E-state index in [1.165, 1.54) is 173 Å². The highest BCUT2D eigenvalue weighted by atomic mass is 31.2. The number of hydrogen-bond acceptors (Lipinski definition) is 6. The van der Waals surface area contributed by atoms with Crippen molar-refractivity contribution in [2.75, 3.05) is 54.1 Å². The number of rotatable bonds is 44. The van der Waals surface area contributed by atoms with Gasteiger partial charge < -0.3 is 18.9 Å². The number of phosphoric ester groups is 1. The summed E-state index contributed by atoms with van der Waals surface area (Å²) in [6.45, 7) is 5.69. The van der Waals surface area contributed by atoms with Crippen LogP contribution in [0.2, 0.25) is 0 Å². The quantitative estimate of drug-likeness (QED) is 0.0284. The summed E-state index contributed by atoms with van der Waals surface area (Å²) in [4.78, 5) is 22.9. The molecule has 1 unspecified atom stereocenters. The fraction of sp³-hybridized carbons (Fsp3) is 0.978. The molecule has 9 heteroatoms. The van der Waals surface area contributed by atoms with Gasteiger partial charge in [-0.1, -0.05) is 206 Å². The predicted octanol–water partition coefficient (Wildman–Crippen LogP) is 13.7. The molecule has 0 aliphatic rings. The average molecular weight is 791 g/mol. The van der Waals surface area contributed by atoms with Crippen LogP contribution in [0.1, 0.15) is 226 Å². The topological polar surface area (TPSA) is 91.3 Å². The highest BCUT2D eigenvalue weighted by Crippen LogP contribution is 2.43. The van der Waals surface area contributed by atoms with Crippen molar-refractivity contribution in [3.63, 3.8) is 0 Å². The maximum Gasteiger partial charge on any atom is 0.472 e. The summed E-state index contributed by atoms with van der Waals surface area (Å²) in [7, 11) is 1.69. The largest absolute Gasteiger partial charge is 0.472 e. The Hall–Kier alpha value is -0.500. The highest BCUT2D eigenvalue weighted by molar-refractivity contribution is 7.47. The maximum atomic E-state index is 12.7. The number of quaternary nitrogens is 1. The number of unbranched alkanes of at least 4 members (excludes halogenated alkanes) is 30. The van der Waals surface area contributed by atoms with Gasteiger partial charge in [-0.05, 0) is 12.8 Å². The van der Waals surface area contributed by atoms with Gasteiger partial charge >= 0.3 is 13.8 Å². The molecule has 0 bridgehead atoms. The van der Waals surface area contributed by atoms with Crippen LogP contribution in [-0.2, 0) is 27.9 Å². The van der Waals surface area contributed by atoms with E-state index in [1.807, 2.05) is 21.1 Å². The average Bonchev–Trinajstić information content (AvgIpc) is 3.12. The number of nitrogens with zero attached hydrogens (tertiary/aromatic N) is 1. The van der Waals surface area contributed by atoms with E-state index in [9.17, 15) is 14.3 Å². The number of carbonyl (C=O) groups excluding carboxylic acids is 1. The lowest BCUT2D eigenvalue weighted by Crippen LogP contribution is -2.37. The summed E-state index contributed by atoms with van der Waals surface area (Å²) in [6.07, 6.45) is 41.3. The van der Waals surface area contributed by atoms with Crippen LogP contribution in [0.15, 0.2) is 0 Å². The van der Waals surface area contributed by atoms with Crippen LogP contribution in [0.5, 0.6) is 0 Å². The van der Waals surface area contributed by atoms with Gasteiger partial charge in [0.1, 0.15) is 19.3 Å². The Bertz CT molecular complexity index is 837. The number of hydrogen-bond donors (Lipinski definition) is 1. The van der Waals surface area contributed by atoms with Crippen LogP contribution >= 0.6 is 7.82 Å². The van der Waals surface area contributed by atoms with Crippen LogP contribution in [0, 0.1) is 0 Å². The molecule has 0 heterocycles. The first-order valence-electron chi connectivity index (χ1n) is 23.3. The summed E-state index contributed by atoms with van der Waals surface area (Å²) in [5, 5.41) is 0. The second-order valence-electron chi connectivity index (χ2n) is 17.2. The Labute approximate surface area is 336 Å². The first kappa shape index (κ1) is 53.5. The summed E-state index contributed by atoms with van der Waals surface area (Å²) < 4.78 is 35.1. The predicted molar refractivity (Wildman–Crippen MR) is 229 cm³/mol. The molecule has 0 aromatic rings. The van der Waals surface area contributed by atoms with Crippen molar-refractivity contribution in [2.45, 2.75) is 232 Å². The normalized spacial score (nSPS) is 13.7. The van der Waals surface area contributed by atoms with E-state index < -0.39 is 13.9 Å². The summed E-state index contributed by atoms with van der Waals surface area (Å²) in [5.74, 6) is -0.307. The second-order valence-corrected chi connectivity index (χ2v) is 18.6. The maximum absolute atomic E-state index is 12.7. The van der Waals surface area contributed by atoms with E-state index in [2.05, 4.69) is 13.8 Å². The Morgan fingerprint density at radius 2 is 0.852 bits per heavy atom. The summed E-state index contributed by atoms with van der Waals surface area (Å²) in [6, 6.07) is 0. The molecule has 8 nitrogen and oxygen atoms in total. The fourth-order valence-corrected chi connectivity index (χ4v) is 7.53. The Kier molecular flexibility index (Phi) is 39.0. The van der Waals surface area contributed by atoms with Crippen molar-refractivity contribution >= 4 is 13.8 Å². The van der Waals surface area contributed by atoms with Gasteiger partial charge in [0.2, 0.25) is 0 Å². The van der Waals surface area contributed by atoms with Crippen LogP contribution in [-0.4, -0.2) is 75.6 Å². The van der Waals surface area contributed by atoms with Crippen molar-refractivity contribution in [1.82, 2.24) is 0 Å². The molecule has 0 saturated heterocycles. The lowest BCUT2D eigenvalue weighted by molar-refractivity contribution is -0.870. The van der Waals surface area contributed by atoms with E-state index in [-0.39, 0.29) is 25.8 Å². The van der Waals surface area contributed by atoms with Crippen molar-refractivity contribution in [3.8, 4) is 0 Å². The molecule has 0 aliphatic carbocycles. The monoisotopic (exact) mass is 791 g/mol. The van der Waals surface area contributed by atoms with E-state index in [0.29, 0.717) is 24.1 Å². The molecule has 0 saturated carbocycles.